The molecule has 14 aromatic rings. The first kappa shape index (κ1) is 43.8. The predicted molar refractivity (Wildman–Crippen MR) is 315 cm³/mol. The van der Waals surface area contributed by atoms with Crippen molar-refractivity contribution in [2.75, 3.05) is 4.90 Å². The van der Waals surface area contributed by atoms with Crippen LogP contribution in [0.5, 0.6) is 0 Å². The lowest BCUT2D eigenvalue weighted by atomic mass is 9.93. The molecule has 3 nitrogen and oxygen atoms in total. The predicted octanol–water partition coefficient (Wildman–Crippen LogP) is 20.2. The molecule has 0 saturated heterocycles. The Morgan fingerprint density at radius 3 is 1.41 bits per heavy atom. The first-order chi connectivity index (χ1) is 37.2. The first-order valence-electron chi connectivity index (χ1n) is 25.7. The van der Waals surface area contributed by atoms with Crippen LogP contribution in [0.3, 0.4) is 0 Å². The molecule has 2 heterocycles. The highest BCUT2D eigenvalue weighted by atomic mass is 16.3. The average molecular weight is 957 g/mol. The summed E-state index contributed by atoms with van der Waals surface area (Å²) >= 11 is 0. The number of fused-ring (bicyclic) bond motifs is 6. The van der Waals surface area contributed by atoms with Gasteiger partial charge < -0.3 is 13.9 Å². The maximum atomic E-state index is 6.57. The second-order valence-corrected chi connectivity index (χ2v) is 19.2. The van der Waals surface area contributed by atoms with Gasteiger partial charge in [-0.2, -0.15) is 0 Å². The van der Waals surface area contributed by atoms with Gasteiger partial charge in [0, 0.05) is 49.6 Å². The van der Waals surface area contributed by atoms with Crippen molar-refractivity contribution in [3.8, 4) is 72.4 Å². The zero-order valence-corrected chi connectivity index (χ0v) is 41.0. The molecule has 0 radical (unpaired) electrons. The summed E-state index contributed by atoms with van der Waals surface area (Å²) in [5, 5.41) is 4.72. The van der Waals surface area contributed by atoms with Crippen LogP contribution in [0.4, 0.5) is 17.1 Å². The number of hydrogen-bond donors (Lipinski definition) is 0. The van der Waals surface area contributed by atoms with E-state index in [1.165, 1.54) is 44.1 Å². The molecule has 2 aromatic heterocycles. The molecule has 0 spiro atoms. The van der Waals surface area contributed by atoms with E-state index in [1.54, 1.807) is 0 Å². The second-order valence-electron chi connectivity index (χ2n) is 19.2. The van der Waals surface area contributed by atoms with Gasteiger partial charge in [0.1, 0.15) is 11.2 Å². The van der Waals surface area contributed by atoms with E-state index in [9.17, 15) is 0 Å². The molecule has 14 rings (SSSR count). The first-order valence-corrected chi connectivity index (χ1v) is 25.7. The summed E-state index contributed by atoms with van der Waals surface area (Å²) in [6.07, 6.45) is 0. The van der Waals surface area contributed by atoms with Crippen LogP contribution in [-0.2, 0) is 0 Å². The minimum absolute atomic E-state index is 0.895. The van der Waals surface area contributed by atoms with Crippen LogP contribution >= 0.6 is 0 Å². The van der Waals surface area contributed by atoms with Crippen LogP contribution in [0, 0.1) is 0 Å². The van der Waals surface area contributed by atoms with E-state index in [-0.39, 0.29) is 0 Å². The quantitative estimate of drug-likeness (QED) is 0.136. The molecule has 0 aliphatic carbocycles. The van der Waals surface area contributed by atoms with Crippen molar-refractivity contribution in [1.29, 1.82) is 0 Å². The van der Waals surface area contributed by atoms with Crippen LogP contribution in [0.25, 0.3) is 116 Å². The smallest absolute Gasteiger partial charge is 0.143 e. The van der Waals surface area contributed by atoms with Gasteiger partial charge >= 0.3 is 0 Å². The van der Waals surface area contributed by atoms with Gasteiger partial charge in [0.25, 0.3) is 0 Å². The third-order valence-corrected chi connectivity index (χ3v) is 14.8. The van der Waals surface area contributed by atoms with E-state index in [0.29, 0.717) is 0 Å². The molecule has 0 saturated carbocycles. The van der Waals surface area contributed by atoms with Crippen molar-refractivity contribution in [1.82, 2.24) is 4.57 Å². The zero-order valence-electron chi connectivity index (χ0n) is 41.0. The van der Waals surface area contributed by atoms with Gasteiger partial charge in [-0.15, -0.1) is 0 Å². The summed E-state index contributed by atoms with van der Waals surface area (Å²) in [5.74, 6) is 0. The Morgan fingerprint density at radius 2 is 0.733 bits per heavy atom. The number of hydrogen-bond acceptors (Lipinski definition) is 2. The van der Waals surface area contributed by atoms with Crippen LogP contribution < -0.4 is 4.90 Å². The number of rotatable bonds is 10. The Hall–Kier alpha value is -9.96. The minimum Gasteiger partial charge on any atom is -0.455 e. The zero-order chi connectivity index (χ0) is 49.7. The van der Waals surface area contributed by atoms with E-state index in [0.717, 1.165) is 89.2 Å². The third kappa shape index (κ3) is 7.78. The highest BCUT2D eigenvalue weighted by Crippen LogP contribution is 2.45. The normalized spacial score (nSPS) is 11.5. The minimum atomic E-state index is 0.895. The summed E-state index contributed by atoms with van der Waals surface area (Å²) in [4.78, 5) is 2.41. The Morgan fingerprint density at radius 1 is 0.267 bits per heavy atom. The number of anilines is 3. The molecule has 352 valence electrons. The Bertz CT molecular complexity index is 4340. The van der Waals surface area contributed by atoms with Gasteiger partial charge in [0.2, 0.25) is 0 Å². The largest absolute Gasteiger partial charge is 0.455 e. The number of benzene rings is 12. The molecule has 0 bridgehead atoms. The number of aromatic nitrogens is 1. The third-order valence-electron chi connectivity index (χ3n) is 14.8. The van der Waals surface area contributed by atoms with Gasteiger partial charge in [0.05, 0.1) is 22.4 Å². The monoisotopic (exact) mass is 956 g/mol. The van der Waals surface area contributed by atoms with Crippen LogP contribution in [0.2, 0.25) is 0 Å². The van der Waals surface area contributed by atoms with Gasteiger partial charge in [-0.3, -0.25) is 0 Å². The molecule has 0 atom stereocenters. The number of furan rings is 1. The lowest BCUT2D eigenvalue weighted by Crippen LogP contribution is -2.11. The molecule has 0 aliphatic heterocycles. The fourth-order valence-corrected chi connectivity index (χ4v) is 11.3. The van der Waals surface area contributed by atoms with Crippen molar-refractivity contribution in [2.45, 2.75) is 0 Å². The standard InChI is InChI=1S/C72H48N2O/c1-3-19-49(20-4-1)53-23-17-24-55(47-53)59-26-9-13-33-67(59)73(56-42-37-51(38-43-56)58-25-7-8-27-61(58)65-31-18-32-66-64-30-12-16-36-71(64)75-72(65)66)57-44-39-52(40-45-57)60-46-41-54(50-21-5-2-6-22-50)48-70(60)74-68-34-14-10-28-62(68)63-29-11-15-35-69(63)74/h1-48H. The highest BCUT2D eigenvalue weighted by Gasteiger charge is 2.22. The van der Waals surface area contributed by atoms with E-state index < -0.39 is 0 Å². The molecule has 0 fully saturated rings. The van der Waals surface area contributed by atoms with E-state index in [4.69, 9.17) is 4.42 Å². The Kier molecular flexibility index (Phi) is 10.8. The summed E-state index contributed by atoms with van der Waals surface area (Å²) in [5.41, 5.74) is 22.2. The van der Waals surface area contributed by atoms with Crippen LogP contribution in [0.15, 0.2) is 296 Å². The van der Waals surface area contributed by atoms with Crippen molar-refractivity contribution in [2.24, 2.45) is 0 Å². The summed E-state index contributed by atoms with van der Waals surface area (Å²) in [6.45, 7) is 0. The lowest BCUT2D eigenvalue weighted by Gasteiger charge is -2.28. The van der Waals surface area contributed by atoms with Crippen molar-refractivity contribution < 1.29 is 4.42 Å². The van der Waals surface area contributed by atoms with Crippen molar-refractivity contribution in [3.63, 3.8) is 0 Å². The fraction of sp³-hybridized carbons (Fsp3) is 0. The molecular formula is C72H48N2O. The van der Waals surface area contributed by atoms with E-state index in [1.807, 2.05) is 6.07 Å². The van der Waals surface area contributed by atoms with Crippen molar-refractivity contribution in [3.05, 3.63) is 291 Å². The average Bonchev–Trinajstić information content (AvgIpc) is 4.05. The topological polar surface area (TPSA) is 21.3 Å². The molecule has 0 N–H and O–H groups in total. The van der Waals surface area contributed by atoms with E-state index in [2.05, 4.69) is 295 Å². The van der Waals surface area contributed by atoms with Crippen molar-refractivity contribution >= 4 is 60.8 Å². The van der Waals surface area contributed by atoms with Gasteiger partial charge in [-0.05, 0) is 111 Å². The summed E-state index contributed by atoms with van der Waals surface area (Å²) < 4.78 is 9.02. The van der Waals surface area contributed by atoms with Crippen LogP contribution in [-0.4, -0.2) is 4.57 Å². The SMILES string of the molecule is c1ccc(-c2cccc(-c3ccccc3N(c3ccc(-c4ccccc4-c4cccc5c4oc4ccccc45)cc3)c3ccc(-c4ccc(-c5ccccc5)cc4-n4c5ccccc5c5ccccc54)cc3)c2)cc1. The highest BCUT2D eigenvalue weighted by molar-refractivity contribution is 6.11. The molecule has 75 heavy (non-hydrogen) atoms. The van der Waals surface area contributed by atoms with E-state index >= 15 is 0 Å². The van der Waals surface area contributed by atoms with Gasteiger partial charge in [0.15, 0.2) is 0 Å². The molecule has 3 heteroatoms. The number of nitrogens with zero attached hydrogens (tertiary/aromatic N) is 2. The Balaban J connectivity index is 0.912. The van der Waals surface area contributed by atoms with Gasteiger partial charge in [-0.1, -0.05) is 231 Å². The summed E-state index contributed by atoms with van der Waals surface area (Å²) in [7, 11) is 0. The fourth-order valence-electron chi connectivity index (χ4n) is 11.3. The van der Waals surface area contributed by atoms with Gasteiger partial charge in [-0.25, -0.2) is 0 Å². The maximum Gasteiger partial charge on any atom is 0.143 e. The molecule has 12 aromatic carbocycles. The maximum absolute atomic E-state index is 6.57. The molecule has 0 aliphatic rings. The van der Waals surface area contributed by atoms with Crippen LogP contribution in [0.1, 0.15) is 0 Å². The lowest BCUT2D eigenvalue weighted by molar-refractivity contribution is 0.670. The second kappa shape index (κ2) is 18.6. The Labute approximate surface area is 436 Å². The molecule has 0 amide bonds. The summed E-state index contributed by atoms with van der Waals surface area (Å²) in [6, 6.07) is 105. The molecule has 0 unspecified atom stereocenters. The molecular weight excluding hydrogens is 909 g/mol. The number of para-hydroxylation sites is 5.